The Bertz CT molecular complexity index is 734. The molecule has 0 heterocycles. The molecule has 2 N–H and O–H groups in total. The number of rotatable bonds is 7. The van der Waals surface area contributed by atoms with Gasteiger partial charge in [0.05, 0.1) is 33.8 Å². The highest BCUT2D eigenvalue weighted by Crippen LogP contribution is 2.14. The monoisotopic (exact) mass is 330 g/mol. The molecular weight excluding hydrogens is 312 g/mol. The molecule has 0 aliphatic rings. The first-order chi connectivity index (χ1) is 9.70. The van der Waals surface area contributed by atoms with Crippen molar-refractivity contribution < 1.29 is 16.8 Å². The summed E-state index contributed by atoms with van der Waals surface area (Å²) in [5.74, 6) is -1.28. The summed E-state index contributed by atoms with van der Waals surface area (Å²) < 4.78 is 47.9. The first-order valence-corrected chi connectivity index (χ1v) is 9.81. The zero-order valence-electron chi connectivity index (χ0n) is 11.7. The van der Waals surface area contributed by atoms with Gasteiger partial charge in [0.2, 0.25) is 0 Å². The Morgan fingerprint density at radius 1 is 1.24 bits per heavy atom. The third-order valence-electron chi connectivity index (χ3n) is 2.93. The van der Waals surface area contributed by atoms with Gasteiger partial charge in [-0.2, -0.15) is 5.26 Å². The largest absolute Gasteiger partial charge is 0.330 e. The molecule has 116 valence electrons. The summed E-state index contributed by atoms with van der Waals surface area (Å²) in [6.45, 7) is 1.93. The van der Waals surface area contributed by atoms with Crippen LogP contribution in [0.5, 0.6) is 0 Å². The second kappa shape index (κ2) is 7.02. The van der Waals surface area contributed by atoms with Crippen LogP contribution in [0.4, 0.5) is 0 Å². The summed E-state index contributed by atoms with van der Waals surface area (Å²) in [5.41, 5.74) is 5.59. The van der Waals surface area contributed by atoms with Crippen LogP contribution in [0.3, 0.4) is 0 Å². The molecule has 0 fully saturated rings. The number of nitrogens with zero attached hydrogens (tertiary/aromatic N) is 1. The van der Waals surface area contributed by atoms with Gasteiger partial charge in [0.25, 0.3) is 0 Å². The zero-order chi connectivity index (χ0) is 16.1. The van der Waals surface area contributed by atoms with E-state index in [1.54, 1.807) is 6.92 Å². The highest BCUT2D eigenvalue weighted by atomic mass is 32.2. The molecule has 0 spiro atoms. The van der Waals surface area contributed by atoms with Crippen LogP contribution in [-0.2, 0) is 19.7 Å². The molecule has 21 heavy (non-hydrogen) atoms. The maximum Gasteiger partial charge on any atom is 0.179 e. The van der Waals surface area contributed by atoms with Crippen LogP contribution >= 0.6 is 0 Å². The van der Waals surface area contributed by atoms with Crippen LogP contribution in [0, 0.1) is 17.2 Å². The van der Waals surface area contributed by atoms with Gasteiger partial charge >= 0.3 is 0 Å². The molecule has 0 aliphatic carbocycles. The summed E-state index contributed by atoms with van der Waals surface area (Å²) in [4.78, 5) is -0.0383. The van der Waals surface area contributed by atoms with Crippen molar-refractivity contribution in [3.63, 3.8) is 0 Å². The van der Waals surface area contributed by atoms with E-state index in [-0.39, 0.29) is 28.7 Å². The van der Waals surface area contributed by atoms with Gasteiger partial charge in [0, 0.05) is 0 Å². The minimum atomic E-state index is -3.73. The first kappa shape index (κ1) is 17.6. The number of hydrogen-bond acceptors (Lipinski definition) is 6. The lowest BCUT2D eigenvalue weighted by atomic mass is 10.2. The molecule has 1 unspecified atom stereocenters. The minimum absolute atomic E-state index is 0.0383. The molecule has 0 aliphatic heterocycles. The molecule has 1 rings (SSSR count). The third-order valence-corrected chi connectivity index (χ3v) is 6.80. The molecule has 1 atom stereocenters. The maximum absolute atomic E-state index is 12.1. The summed E-state index contributed by atoms with van der Waals surface area (Å²) in [5, 5.41) is 8.76. The van der Waals surface area contributed by atoms with Crippen molar-refractivity contribution in [2.45, 2.75) is 11.8 Å². The van der Waals surface area contributed by atoms with Gasteiger partial charge in [-0.15, -0.1) is 0 Å². The van der Waals surface area contributed by atoms with E-state index in [9.17, 15) is 16.8 Å². The Hall–Kier alpha value is -1.43. The van der Waals surface area contributed by atoms with Crippen LogP contribution in [0.1, 0.15) is 12.5 Å². The minimum Gasteiger partial charge on any atom is -0.330 e. The van der Waals surface area contributed by atoms with E-state index in [0.717, 1.165) is 0 Å². The topological polar surface area (TPSA) is 118 Å². The number of nitrogens with two attached hydrogens (primary N) is 1. The highest BCUT2D eigenvalue weighted by Gasteiger charge is 2.21. The maximum atomic E-state index is 12.1. The van der Waals surface area contributed by atoms with E-state index in [2.05, 4.69) is 0 Å². The fourth-order valence-corrected chi connectivity index (χ4v) is 5.59. The van der Waals surface area contributed by atoms with E-state index >= 15 is 0 Å². The number of nitriles is 1. The van der Waals surface area contributed by atoms with Crippen LogP contribution in [0.25, 0.3) is 0 Å². The van der Waals surface area contributed by atoms with E-state index in [1.165, 1.54) is 24.3 Å². The van der Waals surface area contributed by atoms with Gasteiger partial charge in [0.15, 0.2) is 19.7 Å². The van der Waals surface area contributed by atoms with Crippen molar-refractivity contribution in [1.29, 1.82) is 5.26 Å². The van der Waals surface area contributed by atoms with Crippen LogP contribution in [0.15, 0.2) is 29.2 Å². The summed E-state index contributed by atoms with van der Waals surface area (Å²) in [6, 6.07) is 7.38. The van der Waals surface area contributed by atoms with E-state index in [1.807, 2.05) is 6.07 Å². The van der Waals surface area contributed by atoms with Crippen molar-refractivity contribution in [2.75, 3.05) is 23.8 Å². The quantitative estimate of drug-likeness (QED) is 0.770. The first-order valence-electron chi connectivity index (χ1n) is 6.33. The van der Waals surface area contributed by atoms with Crippen molar-refractivity contribution >= 4 is 19.7 Å². The SMILES string of the molecule is CC(CN)CS(=O)(=O)CCS(=O)(=O)c1cccc(C#N)c1. The fourth-order valence-electron chi connectivity index (χ4n) is 1.70. The number of benzene rings is 1. The Morgan fingerprint density at radius 3 is 2.48 bits per heavy atom. The standard InChI is InChI=1S/C13H18N2O4S2/c1-11(8-14)10-20(16,17)5-6-21(18,19)13-4-2-3-12(7-13)9-15/h2-4,7,11H,5-6,8,10,14H2,1H3. The molecule has 0 bridgehead atoms. The van der Waals surface area contributed by atoms with Crippen LogP contribution in [-0.4, -0.2) is 40.6 Å². The summed E-state index contributed by atoms with van der Waals surface area (Å²) in [7, 11) is -7.20. The number of hydrogen-bond donors (Lipinski definition) is 1. The van der Waals surface area contributed by atoms with Crippen LogP contribution < -0.4 is 5.73 Å². The molecule has 0 radical (unpaired) electrons. The van der Waals surface area contributed by atoms with E-state index in [0.29, 0.717) is 0 Å². The van der Waals surface area contributed by atoms with Crippen molar-refractivity contribution in [1.82, 2.24) is 0 Å². The smallest absolute Gasteiger partial charge is 0.179 e. The average Bonchev–Trinajstić information content (AvgIpc) is 2.45. The Kier molecular flexibility index (Phi) is 5.89. The lowest BCUT2D eigenvalue weighted by molar-refractivity contribution is 0.571. The van der Waals surface area contributed by atoms with Crippen molar-refractivity contribution in [3.05, 3.63) is 29.8 Å². The van der Waals surface area contributed by atoms with Gasteiger partial charge in [-0.3, -0.25) is 0 Å². The molecule has 1 aromatic carbocycles. The van der Waals surface area contributed by atoms with Crippen molar-refractivity contribution in [2.24, 2.45) is 11.7 Å². The number of sulfone groups is 2. The van der Waals surface area contributed by atoms with E-state index < -0.39 is 31.2 Å². The zero-order valence-corrected chi connectivity index (χ0v) is 13.3. The second-order valence-corrected chi connectivity index (χ2v) is 9.25. The third kappa shape index (κ3) is 5.46. The molecule has 8 heteroatoms. The molecule has 0 amide bonds. The Balaban J connectivity index is 2.84. The van der Waals surface area contributed by atoms with Gasteiger partial charge < -0.3 is 5.73 Å². The molecule has 0 aromatic heterocycles. The summed E-state index contributed by atoms with van der Waals surface area (Å²) in [6.07, 6.45) is 0. The predicted molar refractivity (Wildman–Crippen MR) is 80.1 cm³/mol. The van der Waals surface area contributed by atoms with Gasteiger partial charge in [0.1, 0.15) is 0 Å². The second-order valence-electron chi connectivity index (χ2n) is 4.91. The Morgan fingerprint density at radius 2 is 1.90 bits per heavy atom. The molecule has 6 nitrogen and oxygen atoms in total. The molecule has 0 saturated carbocycles. The highest BCUT2D eigenvalue weighted by molar-refractivity contribution is 7.95. The molecule has 0 saturated heterocycles. The normalized spacial score (nSPS) is 13.6. The molecule has 1 aromatic rings. The Labute approximate surface area is 125 Å². The van der Waals surface area contributed by atoms with Gasteiger partial charge in [-0.25, -0.2) is 16.8 Å². The van der Waals surface area contributed by atoms with Crippen LogP contribution in [0.2, 0.25) is 0 Å². The van der Waals surface area contributed by atoms with Gasteiger partial charge in [-0.05, 0) is 30.7 Å². The van der Waals surface area contributed by atoms with E-state index in [4.69, 9.17) is 11.0 Å². The average molecular weight is 330 g/mol. The lowest BCUT2D eigenvalue weighted by Crippen LogP contribution is -2.26. The fraction of sp³-hybridized carbons (Fsp3) is 0.462. The lowest BCUT2D eigenvalue weighted by Gasteiger charge is -2.10. The predicted octanol–water partition coefficient (Wildman–Crippen LogP) is 0.342. The van der Waals surface area contributed by atoms with Gasteiger partial charge in [-0.1, -0.05) is 13.0 Å². The van der Waals surface area contributed by atoms with Crippen molar-refractivity contribution in [3.8, 4) is 6.07 Å². The molecular formula is C13H18N2O4S2. The summed E-state index contributed by atoms with van der Waals surface area (Å²) >= 11 is 0.